The van der Waals surface area contributed by atoms with Crippen molar-refractivity contribution in [3.05, 3.63) is 0 Å². The van der Waals surface area contributed by atoms with Crippen LogP contribution >= 0.6 is 0 Å². The highest BCUT2D eigenvalue weighted by Crippen LogP contribution is 1.88. The molecular weight excluding hydrogens is 88.1 g/mol. The normalized spacial score (nSPS) is 33.0. The van der Waals surface area contributed by atoms with Gasteiger partial charge in [0, 0.05) is 25.7 Å². The Morgan fingerprint density at radius 2 is 1.71 bits per heavy atom. The van der Waals surface area contributed by atoms with Crippen LogP contribution in [0.5, 0.6) is 0 Å². The Morgan fingerprint density at radius 3 is 1.71 bits per heavy atom. The standard InChI is InChI=1S/C3H7N.C2H5N/c1-3-2-4-3;1-2-3-1/h3-4H,2H2,1H3;3H,1-2H2. The summed E-state index contributed by atoms with van der Waals surface area (Å²) in [5.41, 5.74) is 0. The molecule has 2 heteroatoms. The zero-order valence-electron chi connectivity index (χ0n) is 4.70. The molecule has 2 rings (SSSR count). The van der Waals surface area contributed by atoms with Crippen molar-refractivity contribution in [2.45, 2.75) is 13.0 Å². The molecule has 2 saturated heterocycles. The van der Waals surface area contributed by atoms with Gasteiger partial charge in [-0.3, -0.25) is 0 Å². The van der Waals surface area contributed by atoms with Gasteiger partial charge in [0.2, 0.25) is 0 Å². The van der Waals surface area contributed by atoms with Gasteiger partial charge in [0.15, 0.2) is 0 Å². The highest BCUT2D eigenvalue weighted by molar-refractivity contribution is 4.76. The second-order valence-electron chi connectivity index (χ2n) is 2.06. The first-order valence-electron chi connectivity index (χ1n) is 2.83. The molecule has 0 saturated carbocycles. The van der Waals surface area contributed by atoms with E-state index in [0.29, 0.717) is 0 Å². The maximum atomic E-state index is 3.10. The van der Waals surface area contributed by atoms with Gasteiger partial charge in [-0.2, -0.15) is 0 Å². The van der Waals surface area contributed by atoms with Crippen LogP contribution in [0.4, 0.5) is 0 Å². The molecule has 0 aromatic rings. The third-order valence-electron chi connectivity index (χ3n) is 0.862. The molecule has 0 spiro atoms. The molecule has 1 atom stereocenters. The van der Waals surface area contributed by atoms with Crippen molar-refractivity contribution >= 4 is 0 Å². The first kappa shape index (κ1) is 5.06. The Hall–Kier alpha value is -0.0800. The Kier molecular flexibility index (Phi) is 1.65. The molecule has 0 bridgehead atoms. The molecule has 0 aromatic carbocycles. The molecule has 0 aliphatic carbocycles. The van der Waals surface area contributed by atoms with Crippen molar-refractivity contribution < 1.29 is 0 Å². The predicted molar refractivity (Wildman–Crippen MR) is 30.3 cm³/mol. The summed E-state index contributed by atoms with van der Waals surface area (Å²) in [6.07, 6.45) is 0. The second kappa shape index (κ2) is 2.28. The van der Waals surface area contributed by atoms with Crippen molar-refractivity contribution in [2.24, 2.45) is 0 Å². The highest BCUT2D eigenvalue weighted by Gasteiger charge is 2.10. The monoisotopic (exact) mass is 100 g/mol. The largest absolute Gasteiger partial charge is 0.314 e. The minimum absolute atomic E-state index is 0.833. The lowest BCUT2D eigenvalue weighted by Gasteiger charge is -1.53. The third-order valence-corrected chi connectivity index (χ3v) is 0.862. The maximum Gasteiger partial charge on any atom is 0.0164 e. The highest BCUT2D eigenvalue weighted by atomic mass is 15.1. The number of nitrogens with one attached hydrogen (secondary N) is 2. The molecule has 2 aliphatic rings. The van der Waals surface area contributed by atoms with Crippen molar-refractivity contribution in [1.82, 2.24) is 10.6 Å². The fourth-order valence-corrected chi connectivity index (χ4v) is 0.118. The summed E-state index contributed by atoms with van der Waals surface area (Å²) in [6.45, 7) is 5.90. The Bertz CT molecular complexity index is 45.3. The molecule has 2 aliphatic heterocycles. The van der Waals surface area contributed by atoms with Crippen LogP contribution in [0, 0.1) is 0 Å². The summed E-state index contributed by atoms with van der Waals surface area (Å²) in [7, 11) is 0. The van der Waals surface area contributed by atoms with E-state index in [-0.39, 0.29) is 0 Å². The Labute approximate surface area is 44.3 Å². The molecule has 0 radical (unpaired) electrons. The zero-order chi connectivity index (χ0) is 5.11. The van der Waals surface area contributed by atoms with Crippen LogP contribution in [0.2, 0.25) is 0 Å². The quantitative estimate of drug-likeness (QED) is 0.406. The minimum atomic E-state index is 0.833. The van der Waals surface area contributed by atoms with Crippen molar-refractivity contribution in [3.63, 3.8) is 0 Å². The fraction of sp³-hybridized carbons (Fsp3) is 1.00. The van der Waals surface area contributed by atoms with Gasteiger partial charge >= 0.3 is 0 Å². The van der Waals surface area contributed by atoms with Crippen LogP contribution in [-0.2, 0) is 0 Å². The number of hydrogen-bond acceptors (Lipinski definition) is 2. The summed E-state index contributed by atoms with van der Waals surface area (Å²) < 4.78 is 0. The van der Waals surface area contributed by atoms with Gasteiger partial charge in [-0.1, -0.05) is 0 Å². The topological polar surface area (TPSA) is 43.9 Å². The van der Waals surface area contributed by atoms with Crippen LogP contribution in [-0.4, -0.2) is 25.7 Å². The van der Waals surface area contributed by atoms with E-state index in [1.165, 1.54) is 19.6 Å². The lowest BCUT2D eigenvalue weighted by atomic mass is 10.6. The molecule has 0 amide bonds. The fourth-order valence-electron chi connectivity index (χ4n) is 0.118. The summed E-state index contributed by atoms with van der Waals surface area (Å²) in [5, 5.41) is 6.10. The van der Waals surface area contributed by atoms with Gasteiger partial charge in [-0.15, -0.1) is 0 Å². The van der Waals surface area contributed by atoms with Crippen LogP contribution in [0.3, 0.4) is 0 Å². The first-order valence-corrected chi connectivity index (χ1v) is 2.83. The molecule has 7 heavy (non-hydrogen) atoms. The van der Waals surface area contributed by atoms with Crippen molar-refractivity contribution in [2.75, 3.05) is 19.6 Å². The molecule has 2 N–H and O–H groups in total. The number of rotatable bonds is 0. The van der Waals surface area contributed by atoms with E-state index in [1.54, 1.807) is 0 Å². The predicted octanol–water partition coefficient (Wildman–Crippen LogP) is -0.432. The Morgan fingerprint density at radius 1 is 1.43 bits per heavy atom. The summed E-state index contributed by atoms with van der Waals surface area (Å²) in [6, 6.07) is 0.833. The smallest absolute Gasteiger partial charge is 0.0164 e. The van der Waals surface area contributed by atoms with Crippen molar-refractivity contribution in [1.29, 1.82) is 0 Å². The molecule has 0 aromatic heterocycles. The van der Waals surface area contributed by atoms with E-state index in [1.807, 2.05) is 0 Å². The second-order valence-corrected chi connectivity index (χ2v) is 2.06. The lowest BCUT2D eigenvalue weighted by Crippen LogP contribution is -1.72. The van der Waals surface area contributed by atoms with Crippen LogP contribution < -0.4 is 10.6 Å². The van der Waals surface area contributed by atoms with E-state index in [4.69, 9.17) is 0 Å². The summed E-state index contributed by atoms with van der Waals surface area (Å²) in [5.74, 6) is 0. The van der Waals surface area contributed by atoms with Gasteiger partial charge in [-0.25, -0.2) is 0 Å². The molecule has 42 valence electrons. The van der Waals surface area contributed by atoms with Crippen LogP contribution in [0.15, 0.2) is 0 Å². The van der Waals surface area contributed by atoms with E-state index in [2.05, 4.69) is 17.6 Å². The molecule has 2 fully saturated rings. The SMILES string of the molecule is C1CN1.CC1CN1. The van der Waals surface area contributed by atoms with Gasteiger partial charge in [0.25, 0.3) is 0 Å². The van der Waals surface area contributed by atoms with Gasteiger partial charge in [0.1, 0.15) is 0 Å². The Balaban J connectivity index is 0.0000000729. The third kappa shape index (κ3) is 5.92. The van der Waals surface area contributed by atoms with Gasteiger partial charge in [-0.05, 0) is 6.92 Å². The van der Waals surface area contributed by atoms with E-state index < -0.39 is 0 Å². The molecule has 1 unspecified atom stereocenters. The minimum Gasteiger partial charge on any atom is -0.314 e. The lowest BCUT2D eigenvalue weighted by molar-refractivity contribution is 1.09. The molecule has 2 heterocycles. The van der Waals surface area contributed by atoms with Gasteiger partial charge in [0.05, 0.1) is 0 Å². The van der Waals surface area contributed by atoms with E-state index in [9.17, 15) is 0 Å². The summed E-state index contributed by atoms with van der Waals surface area (Å²) >= 11 is 0. The number of hydrogen-bond donors (Lipinski definition) is 2. The van der Waals surface area contributed by atoms with E-state index in [0.717, 1.165) is 6.04 Å². The first-order chi connectivity index (χ1) is 3.39. The summed E-state index contributed by atoms with van der Waals surface area (Å²) in [4.78, 5) is 0. The average molecular weight is 100 g/mol. The van der Waals surface area contributed by atoms with E-state index >= 15 is 0 Å². The van der Waals surface area contributed by atoms with Crippen LogP contribution in [0.1, 0.15) is 6.92 Å². The van der Waals surface area contributed by atoms with Crippen LogP contribution in [0.25, 0.3) is 0 Å². The van der Waals surface area contributed by atoms with Crippen molar-refractivity contribution in [3.8, 4) is 0 Å². The average Bonchev–Trinajstić information content (AvgIpc) is 2.27. The van der Waals surface area contributed by atoms with Gasteiger partial charge < -0.3 is 10.6 Å². The molecule has 2 nitrogen and oxygen atoms in total. The molecular formula is C5H12N2. The zero-order valence-corrected chi connectivity index (χ0v) is 4.70. The maximum absolute atomic E-state index is 3.10.